The van der Waals surface area contributed by atoms with E-state index in [2.05, 4.69) is 31.1 Å². The number of sulfone groups is 1. The fourth-order valence-electron chi connectivity index (χ4n) is 4.50. The first-order valence-corrected chi connectivity index (χ1v) is 14.2. The molecular formula is C24H27BrClFN4O3S. The molecule has 2 aromatic carbocycles. The van der Waals surface area contributed by atoms with Gasteiger partial charge in [0.25, 0.3) is 5.56 Å². The van der Waals surface area contributed by atoms with Crippen molar-refractivity contribution in [3.05, 3.63) is 67.4 Å². The summed E-state index contributed by atoms with van der Waals surface area (Å²) in [6.07, 6.45) is 3.47. The summed E-state index contributed by atoms with van der Waals surface area (Å²) in [4.78, 5) is 20.0. The van der Waals surface area contributed by atoms with Gasteiger partial charge in [0.1, 0.15) is 5.82 Å². The first kappa shape index (κ1) is 26.2. The van der Waals surface area contributed by atoms with E-state index in [0.29, 0.717) is 38.7 Å². The third-order valence-corrected chi connectivity index (χ3v) is 9.40. The van der Waals surface area contributed by atoms with Crippen LogP contribution in [0.15, 0.2) is 44.8 Å². The van der Waals surface area contributed by atoms with Crippen LogP contribution in [0.1, 0.15) is 30.9 Å². The number of benzene rings is 2. The van der Waals surface area contributed by atoms with Gasteiger partial charge < -0.3 is 5.32 Å². The molecule has 2 heterocycles. The van der Waals surface area contributed by atoms with Crippen LogP contribution in [-0.4, -0.2) is 54.8 Å². The molecule has 1 saturated heterocycles. The highest BCUT2D eigenvalue weighted by Crippen LogP contribution is 2.29. The van der Waals surface area contributed by atoms with Crippen molar-refractivity contribution in [2.75, 3.05) is 25.9 Å². The molecule has 3 aromatic rings. The minimum Gasteiger partial charge on any atom is -0.316 e. The van der Waals surface area contributed by atoms with Gasteiger partial charge in [0.05, 0.1) is 38.9 Å². The van der Waals surface area contributed by atoms with E-state index in [1.807, 2.05) is 7.05 Å². The lowest BCUT2D eigenvalue weighted by Crippen LogP contribution is -2.44. The number of nitrogens with one attached hydrogen (secondary N) is 1. The van der Waals surface area contributed by atoms with Gasteiger partial charge in [-0.15, -0.1) is 0 Å². The van der Waals surface area contributed by atoms with Gasteiger partial charge >= 0.3 is 0 Å². The molecule has 1 atom stereocenters. The monoisotopic (exact) mass is 584 g/mol. The third kappa shape index (κ3) is 5.46. The number of halogens is 3. The van der Waals surface area contributed by atoms with E-state index in [-0.39, 0.29) is 22.6 Å². The van der Waals surface area contributed by atoms with Crippen LogP contribution < -0.4 is 10.9 Å². The number of aromatic nitrogens is 2. The Hall–Kier alpha value is -1.85. The molecule has 0 spiro atoms. The van der Waals surface area contributed by atoms with Gasteiger partial charge in [0.15, 0.2) is 9.84 Å². The molecule has 1 N–H and O–H groups in total. The van der Waals surface area contributed by atoms with E-state index in [9.17, 15) is 13.2 Å². The van der Waals surface area contributed by atoms with Gasteiger partial charge in [-0.1, -0.05) is 18.5 Å². The van der Waals surface area contributed by atoms with Crippen LogP contribution in [0.3, 0.4) is 0 Å². The predicted molar refractivity (Wildman–Crippen MR) is 139 cm³/mol. The fraction of sp³-hybridized carbons (Fsp3) is 0.417. The summed E-state index contributed by atoms with van der Waals surface area (Å²) in [5.74, 6) is -0.566. The molecule has 1 aromatic heterocycles. The van der Waals surface area contributed by atoms with Crippen molar-refractivity contribution < 1.29 is 12.8 Å². The third-order valence-electron chi connectivity index (χ3n) is 6.48. The highest BCUT2D eigenvalue weighted by Gasteiger charge is 2.23. The van der Waals surface area contributed by atoms with E-state index in [0.717, 1.165) is 25.9 Å². The smallest absolute Gasteiger partial charge is 0.261 e. The summed E-state index contributed by atoms with van der Waals surface area (Å²) in [7, 11) is -1.60. The summed E-state index contributed by atoms with van der Waals surface area (Å²) >= 11 is 9.59. The number of rotatable bonds is 7. The predicted octanol–water partition coefficient (Wildman–Crippen LogP) is 3.98. The van der Waals surface area contributed by atoms with E-state index >= 15 is 4.39 Å². The van der Waals surface area contributed by atoms with Gasteiger partial charge in [0.2, 0.25) is 0 Å². The molecule has 0 unspecified atom stereocenters. The zero-order valence-corrected chi connectivity index (χ0v) is 22.7. The van der Waals surface area contributed by atoms with Gasteiger partial charge in [-0.25, -0.2) is 17.8 Å². The Morgan fingerprint density at radius 3 is 2.77 bits per heavy atom. The van der Waals surface area contributed by atoms with Crippen molar-refractivity contribution in [2.45, 2.75) is 43.8 Å². The Kier molecular flexibility index (Phi) is 7.97. The lowest BCUT2D eigenvalue weighted by atomic mass is 10.0. The van der Waals surface area contributed by atoms with E-state index in [1.165, 1.54) is 35.2 Å². The first-order chi connectivity index (χ1) is 16.6. The van der Waals surface area contributed by atoms with Crippen molar-refractivity contribution >= 4 is 48.3 Å². The molecule has 11 heteroatoms. The van der Waals surface area contributed by atoms with Gasteiger partial charge in [-0.05, 0) is 72.2 Å². The number of fused-ring (bicyclic) bond motifs is 1. The minimum atomic E-state index is -3.53. The quantitative estimate of drug-likeness (QED) is 0.452. The number of hydrogen-bond acceptors (Lipinski definition) is 6. The number of nitrogens with zero attached hydrogens (tertiary/aromatic N) is 3. The van der Waals surface area contributed by atoms with Gasteiger partial charge in [-0.2, -0.15) is 0 Å². The second-order valence-corrected chi connectivity index (χ2v) is 12.2. The molecule has 0 saturated carbocycles. The Bertz CT molecular complexity index is 1430. The Labute approximate surface area is 217 Å². The number of piperidine rings is 1. The lowest BCUT2D eigenvalue weighted by Gasteiger charge is -2.32. The second kappa shape index (κ2) is 10.6. The summed E-state index contributed by atoms with van der Waals surface area (Å²) in [5.41, 5.74) is 0.750. The fourth-order valence-corrected chi connectivity index (χ4v) is 6.44. The van der Waals surface area contributed by atoms with Crippen LogP contribution in [0, 0.1) is 5.82 Å². The van der Waals surface area contributed by atoms with Crippen molar-refractivity contribution in [1.29, 1.82) is 0 Å². The highest BCUT2D eigenvalue weighted by atomic mass is 79.9. The maximum absolute atomic E-state index is 15.2. The summed E-state index contributed by atoms with van der Waals surface area (Å²) in [6.45, 7) is 3.60. The van der Waals surface area contributed by atoms with E-state index in [4.69, 9.17) is 11.6 Å². The molecule has 0 aliphatic carbocycles. The topological polar surface area (TPSA) is 84.3 Å². The molecule has 4 rings (SSSR count). The van der Waals surface area contributed by atoms with Gasteiger partial charge in [-0.3, -0.25) is 14.3 Å². The van der Waals surface area contributed by atoms with Crippen molar-refractivity contribution in [3.63, 3.8) is 0 Å². The molecule has 0 bridgehead atoms. The van der Waals surface area contributed by atoms with Crippen LogP contribution in [0.25, 0.3) is 10.9 Å². The largest absolute Gasteiger partial charge is 0.316 e. The maximum atomic E-state index is 15.2. The molecule has 35 heavy (non-hydrogen) atoms. The van der Waals surface area contributed by atoms with Crippen LogP contribution in [-0.2, 0) is 22.9 Å². The summed E-state index contributed by atoms with van der Waals surface area (Å²) in [6, 6.07) is 6.06. The molecule has 7 nitrogen and oxygen atoms in total. The normalized spacial score (nSPS) is 17.2. The van der Waals surface area contributed by atoms with E-state index in [1.54, 1.807) is 6.92 Å². The summed E-state index contributed by atoms with van der Waals surface area (Å²) in [5, 5.41) is 3.76. The van der Waals surface area contributed by atoms with Crippen molar-refractivity contribution in [1.82, 2.24) is 19.8 Å². The second-order valence-electron chi connectivity index (χ2n) is 8.74. The number of hydrogen-bond donors (Lipinski definition) is 1. The SMILES string of the molecule is CCS(=O)(=O)c1ccc(Cl)cc1Cn1cnc2c(Br)c(CN3CCC[C@H](NC)C3)c(F)cc2c1=O. The Morgan fingerprint density at radius 2 is 2.06 bits per heavy atom. The number of likely N-dealkylation sites (tertiary alicyclic amines) is 1. The van der Waals surface area contributed by atoms with Crippen molar-refractivity contribution in [3.8, 4) is 0 Å². The van der Waals surface area contributed by atoms with Gasteiger partial charge in [0, 0.05) is 29.7 Å². The molecule has 188 valence electrons. The van der Waals surface area contributed by atoms with Crippen LogP contribution in [0.2, 0.25) is 5.02 Å². The van der Waals surface area contributed by atoms with Crippen LogP contribution >= 0.6 is 27.5 Å². The summed E-state index contributed by atoms with van der Waals surface area (Å²) < 4.78 is 42.0. The molecule has 1 fully saturated rings. The van der Waals surface area contributed by atoms with Crippen molar-refractivity contribution in [2.24, 2.45) is 0 Å². The maximum Gasteiger partial charge on any atom is 0.261 e. The minimum absolute atomic E-state index is 0.0585. The molecular weight excluding hydrogens is 559 g/mol. The average Bonchev–Trinajstić information content (AvgIpc) is 2.84. The number of likely N-dealkylation sites (N-methyl/N-ethyl adjacent to an activating group) is 1. The Morgan fingerprint density at radius 1 is 1.29 bits per heavy atom. The molecule has 1 aliphatic rings. The average molecular weight is 586 g/mol. The zero-order chi connectivity index (χ0) is 25.3. The zero-order valence-electron chi connectivity index (χ0n) is 19.5. The molecule has 1 aliphatic heterocycles. The lowest BCUT2D eigenvalue weighted by molar-refractivity contribution is 0.186. The Balaban J connectivity index is 1.71. The molecule has 0 radical (unpaired) electrons. The van der Waals surface area contributed by atoms with Crippen LogP contribution in [0.5, 0.6) is 0 Å². The molecule has 0 amide bonds. The standard InChI is InChI=1S/C24H27BrClFN4O3S/c1-3-35(33,34)21-7-6-16(26)9-15(21)11-31-14-29-23-18(24(31)32)10-20(27)19(22(23)25)13-30-8-4-5-17(12-30)28-2/h6-7,9-10,14,17,28H,3-5,8,11-13H2,1-2H3/t17-/m0/s1. The van der Waals surface area contributed by atoms with Crippen LogP contribution in [0.4, 0.5) is 4.39 Å². The first-order valence-electron chi connectivity index (χ1n) is 11.4. The highest BCUT2D eigenvalue weighted by molar-refractivity contribution is 9.10. The van der Waals surface area contributed by atoms with E-state index < -0.39 is 21.2 Å².